The monoisotopic (exact) mass is 348 g/mol. The maximum atomic E-state index is 12.2. The highest BCUT2D eigenvalue weighted by atomic mass is 32.1. The van der Waals surface area contributed by atoms with Gasteiger partial charge in [0.25, 0.3) is 0 Å². The Morgan fingerprint density at radius 1 is 1.42 bits per heavy atom. The van der Waals surface area contributed by atoms with Crippen molar-refractivity contribution < 1.29 is 9.32 Å². The van der Waals surface area contributed by atoms with Crippen molar-refractivity contribution in [1.29, 1.82) is 0 Å². The van der Waals surface area contributed by atoms with Crippen molar-refractivity contribution in [2.75, 3.05) is 13.1 Å². The third-order valence-electron chi connectivity index (χ3n) is 4.03. The molecule has 24 heavy (non-hydrogen) atoms. The molecule has 0 aromatic carbocycles. The standard InChI is InChI=1S/C17H24N4O2S/c1-17(2,3)19-16(22)12-6-8-21(9-7-12)11-14-18-15(20-23-14)13-5-4-10-24-13/h4-5,10,12H,6-9,11H2,1-3H3,(H,19,22). The largest absolute Gasteiger partial charge is 0.351 e. The zero-order valence-corrected chi connectivity index (χ0v) is 15.2. The second-order valence-corrected chi connectivity index (χ2v) is 8.23. The Balaban J connectivity index is 1.50. The Labute approximate surface area is 146 Å². The highest BCUT2D eigenvalue weighted by Gasteiger charge is 2.28. The topological polar surface area (TPSA) is 71.3 Å². The van der Waals surface area contributed by atoms with Crippen LogP contribution < -0.4 is 5.32 Å². The van der Waals surface area contributed by atoms with Crippen molar-refractivity contribution in [1.82, 2.24) is 20.4 Å². The molecule has 1 N–H and O–H groups in total. The minimum atomic E-state index is -0.170. The summed E-state index contributed by atoms with van der Waals surface area (Å²) in [7, 11) is 0. The predicted octanol–water partition coefficient (Wildman–Crippen LogP) is 2.92. The van der Waals surface area contributed by atoms with Crippen molar-refractivity contribution in [3.63, 3.8) is 0 Å². The number of piperidine rings is 1. The molecule has 1 amide bonds. The van der Waals surface area contributed by atoms with Gasteiger partial charge in [-0.25, -0.2) is 0 Å². The lowest BCUT2D eigenvalue weighted by Crippen LogP contribution is -2.46. The molecule has 3 heterocycles. The van der Waals surface area contributed by atoms with Gasteiger partial charge in [0, 0.05) is 11.5 Å². The second kappa shape index (κ2) is 7.03. The van der Waals surface area contributed by atoms with E-state index in [1.807, 2.05) is 38.3 Å². The van der Waals surface area contributed by atoms with E-state index in [1.54, 1.807) is 11.3 Å². The molecular formula is C17H24N4O2S. The van der Waals surface area contributed by atoms with Crippen molar-refractivity contribution >= 4 is 17.2 Å². The van der Waals surface area contributed by atoms with Crippen LogP contribution in [-0.4, -0.2) is 39.6 Å². The van der Waals surface area contributed by atoms with Crippen LogP contribution >= 0.6 is 11.3 Å². The van der Waals surface area contributed by atoms with E-state index in [4.69, 9.17) is 4.52 Å². The molecule has 3 rings (SSSR count). The molecule has 7 heteroatoms. The van der Waals surface area contributed by atoms with E-state index in [1.165, 1.54) is 0 Å². The van der Waals surface area contributed by atoms with E-state index >= 15 is 0 Å². The molecule has 0 unspecified atom stereocenters. The van der Waals surface area contributed by atoms with Gasteiger partial charge < -0.3 is 9.84 Å². The fourth-order valence-corrected chi connectivity index (χ4v) is 3.49. The number of carbonyl (C=O) groups excluding carboxylic acids is 1. The van der Waals surface area contributed by atoms with Gasteiger partial charge in [-0.2, -0.15) is 4.98 Å². The van der Waals surface area contributed by atoms with E-state index in [2.05, 4.69) is 20.4 Å². The molecule has 1 saturated heterocycles. The van der Waals surface area contributed by atoms with Gasteiger partial charge in [-0.3, -0.25) is 9.69 Å². The fourth-order valence-electron chi connectivity index (χ4n) is 2.84. The molecule has 0 bridgehead atoms. The minimum absolute atomic E-state index is 0.102. The third kappa shape index (κ3) is 4.42. The first-order chi connectivity index (χ1) is 11.4. The van der Waals surface area contributed by atoms with Crippen molar-refractivity contribution in [2.45, 2.75) is 45.7 Å². The lowest BCUT2D eigenvalue weighted by atomic mass is 9.94. The van der Waals surface area contributed by atoms with Crippen LogP contribution in [-0.2, 0) is 11.3 Å². The summed E-state index contributed by atoms with van der Waals surface area (Å²) < 4.78 is 5.36. The number of nitrogens with zero attached hydrogens (tertiary/aromatic N) is 3. The Morgan fingerprint density at radius 3 is 2.79 bits per heavy atom. The molecule has 1 aliphatic rings. The highest BCUT2D eigenvalue weighted by molar-refractivity contribution is 7.13. The molecular weight excluding hydrogens is 324 g/mol. The SMILES string of the molecule is CC(C)(C)NC(=O)C1CCN(Cc2nc(-c3cccs3)no2)CC1. The van der Waals surface area contributed by atoms with E-state index in [-0.39, 0.29) is 17.4 Å². The molecule has 0 saturated carbocycles. The predicted molar refractivity (Wildman–Crippen MR) is 93.5 cm³/mol. The number of aromatic nitrogens is 2. The highest BCUT2D eigenvalue weighted by Crippen LogP contribution is 2.23. The Morgan fingerprint density at radius 2 is 2.17 bits per heavy atom. The zero-order chi connectivity index (χ0) is 17.2. The van der Waals surface area contributed by atoms with E-state index < -0.39 is 0 Å². The summed E-state index contributed by atoms with van der Waals surface area (Å²) in [5.74, 6) is 1.56. The molecule has 2 aromatic heterocycles. The lowest BCUT2D eigenvalue weighted by Gasteiger charge is -2.32. The Hall–Kier alpha value is -1.73. The van der Waals surface area contributed by atoms with Crippen LogP contribution in [0.3, 0.4) is 0 Å². The molecule has 0 aliphatic carbocycles. The molecule has 130 valence electrons. The van der Waals surface area contributed by atoms with Gasteiger partial charge in [0.1, 0.15) is 0 Å². The van der Waals surface area contributed by atoms with Crippen molar-refractivity contribution in [3.8, 4) is 10.7 Å². The molecule has 0 radical (unpaired) electrons. The Bertz CT molecular complexity index is 667. The van der Waals surface area contributed by atoms with Gasteiger partial charge in [0.05, 0.1) is 11.4 Å². The van der Waals surface area contributed by atoms with Crippen molar-refractivity contribution in [2.24, 2.45) is 5.92 Å². The first kappa shape index (κ1) is 17.1. The summed E-state index contributed by atoms with van der Waals surface area (Å²) in [6, 6.07) is 3.96. The van der Waals surface area contributed by atoms with E-state index in [9.17, 15) is 4.79 Å². The van der Waals surface area contributed by atoms with Gasteiger partial charge in [-0.15, -0.1) is 11.3 Å². The number of amides is 1. The summed E-state index contributed by atoms with van der Waals surface area (Å²) in [4.78, 5) is 20.0. The van der Waals surface area contributed by atoms with Crippen LogP contribution in [0.2, 0.25) is 0 Å². The maximum Gasteiger partial charge on any atom is 0.241 e. The van der Waals surface area contributed by atoms with Crippen LogP contribution in [0.15, 0.2) is 22.0 Å². The van der Waals surface area contributed by atoms with Gasteiger partial charge >= 0.3 is 0 Å². The van der Waals surface area contributed by atoms with Crippen LogP contribution in [0.4, 0.5) is 0 Å². The fraction of sp³-hybridized carbons (Fsp3) is 0.588. The number of thiophene rings is 1. The molecule has 0 spiro atoms. The molecule has 1 aliphatic heterocycles. The first-order valence-electron chi connectivity index (χ1n) is 8.31. The number of carbonyl (C=O) groups is 1. The second-order valence-electron chi connectivity index (χ2n) is 7.28. The van der Waals surface area contributed by atoms with Crippen LogP contribution in [0.5, 0.6) is 0 Å². The normalized spacial score (nSPS) is 17.1. The van der Waals surface area contributed by atoms with Crippen LogP contribution in [0.25, 0.3) is 10.7 Å². The Kier molecular flexibility index (Phi) is 5.01. The number of rotatable bonds is 4. The summed E-state index contributed by atoms with van der Waals surface area (Å²) in [5, 5.41) is 9.12. The molecule has 2 aromatic rings. The maximum absolute atomic E-state index is 12.2. The molecule has 0 atom stereocenters. The number of nitrogens with one attached hydrogen (secondary N) is 1. The number of hydrogen-bond donors (Lipinski definition) is 1. The van der Waals surface area contributed by atoms with E-state index in [0.29, 0.717) is 18.3 Å². The summed E-state index contributed by atoms with van der Waals surface area (Å²) in [6.07, 6.45) is 1.74. The summed E-state index contributed by atoms with van der Waals surface area (Å²) >= 11 is 1.60. The minimum Gasteiger partial charge on any atom is -0.351 e. The average molecular weight is 348 g/mol. The first-order valence-corrected chi connectivity index (χ1v) is 9.19. The summed E-state index contributed by atoms with van der Waals surface area (Å²) in [5.41, 5.74) is -0.170. The number of likely N-dealkylation sites (tertiary alicyclic amines) is 1. The third-order valence-corrected chi connectivity index (χ3v) is 4.89. The van der Waals surface area contributed by atoms with E-state index in [0.717, 1.165) is 30.8 Å². The van der Waals surface area contributed by atoms with Crippen LogP contribution in [0, 0.1) is 5.92 Å². The van der Waals surface area contributed by atoms with Crippen molar-refractivity contribution in [3.05, 3.63) is 23.4 Å². The van der Waals surface area contributed by atoms with Gasteiger partial charge in [0.2, 0.25) is 17.6 Å². The van der Waals surface area contributed by atoms with Gasteiger partial charge in [-0.1, -0.05) is 11.2 Å². The lowest BCUT2D eigenvalue weighted by molar-refractivity contribution is -0.127. The van der Waals surface area contributed by atoms with Gasteiger partial charge in [0.15, 0.2) is 0 Å². The quantitative estimate of drug-likeness (QED) is 0.920. The number of hydrogen-bond acceptors (Lipinski definition) is 6. The zero-order valence-electron chi connectivity index (χ0n) is 14.4. The smallest absolute Gasteiger partial charge is 0.241 e. The van der Waals surface area contributed by atoms with Gasteiger partial charge in [-0.05, 0) is 58.1 Å². The average Bonchev–Trinajstić information content (AvgIpc) is 3.16. The molecule has 6 nitrogen and oxygen atoms in total. The van der Waals surface area contributed by atoms with Crippen LogP contribution in [0.1, 0.15) is 39.5 Å². The molecule has 1 fully saturated rings. The summed E-state index contributed by atoms with van der Waals surface area (Å²) in [6.45, 7) is 8.44.